The Labute approximate surface area is 450 Å². The quantitative estimate of drug-likeness (QED) is 0.165. The molecular weight excluding hydrogens is 969 g/mol. The van der Waals surface area contributed by atoms with Gasteiger partial charge in [0.1, 0.15) is 0 Å². The first kappa shape index (κ1) is 52.6. The number of ketones is 1. The fourth-order valence-electron chi connectivity index (χ4n) is 10.1. The number of hydrogen-bond acceptors (Lipinski definition) is 3. The second-order valence-electron chi connectivity index (χ2n) is 27.1. The van der Waals surface area contributed by atoms with Gasteiger partial charge in [-0.05, 0) is 137 Å². The summed E-state index contributed by atoms with van der Waals surface area (Å²) in [6.07, 6.45) is 6.08. The van der Waals surface area contributed by atoms with Crippen LogP contribution in [-0.2, 0) is 37.3 Å². The maximum Gasteiger partial charge on any atom is 0.204 e. The Morgan fingerprint density at radius 2 is 0.797 bits per heavy atom. The molecule has 0 radical (unpaired) electrons. The Kier molecular flexibility index (Phi) is 13.0. The molecule has 3 N–H and O–H groups in total. The summed E-state index contributed by atoms with van der Waals surface area (Å²) in [5, 5.41) is 5.70. The third-order valence-corrected chi connectivity index (χ3v) is 15.4. The van der Waals surface area contributed by atoms with Crippen LogP contribution < -0.4 is 16.0 Å². The number of nitrogens with one attached hydrogen (secondary N) is 3. The normalized spacial score (nSPS) is 15.9. The number of carbonyl (C=O) groups is 1. The lowest BCUT2D eigenvalue weighted by atomic mass is 9.78. The fourth-order valence-corrected chi connectivity index (χ4v) is 10.3. The molecule has 0 amide bonds. The molecule has 74 heavy (non-hydrogen) atoms. The van der Waals surface area contributed by atoms with Crippen molar-refractivity contribution in [3.05, 3.63) is 221 Å². The highest BCUT2D eigenvalue weighted by Crippen LogP contribution is 2.42. The summed E-state index contributed by atoms with van der Waals surface area (Å²) in [4.78, 5) is 29.1. The van der Waals surface area contributed by atoms with E-state index in [2.05, 4.69) is 271 Å². The highest BCUT2D eigenvalue weighted by Gasteiger charge is 2.33. The molecule has 5 nitrogen and oxygen atoms in total. The van der Waals surface area contributed by atoms with Crippen LogP contribution in [0.15, 0.2) is 148 Å². The molecule has 0 spiro atoms. The number of benzene rings is 4. The molecule has 3 aliphatic rings. The number of aromatic amines is 2. The van der Waals surface area contributed by atoms with E-state index in [4.69, 9.17) is 4.99 Å². The smallest absolute Gasteiger partial charge is 0.204 e. The van der Waals surface area contributed by atoms with Crippen LogP contribution in [0.25, 0.3) is 22.3 Å². The van der Waals surface area contributed by atoms with Crippen LogP contribution in [0, 0.1) is 0 Å². The van der Waals surface area contributed by atoms with Crippen LogP contribution in [0.5, 0.6) is 0 Å². The average molecular weight is 1050 g/mol. The van der Waals surface area contributed by atoms with Gasteiger partial charge in [0.25, 0.3) is 0 Å². The first-order valence-corrected chi connectivity index (χ1v) is 27.2. The Hall–Kier alpha value is -6.24. The Morgan fingerprint density at radius 3 is 1.23 bits per heavy atom. The van der Waals surface area contributed by atoms with E-state index in [0.29, 0.717) is 5.70 Å². The predicted octanol–water partition coefficient (Wildman–Crippen LogP) is 15.6. The van der Waals surface area contributed by atoms with E-state index < -0.39 is 0 Å². The van der Waals surface area contributed by atoms with Gasteiger partial charge in [0.15, 0.2) is 0 Å². The van der Waals surface area contributed by atoms with E-state index in [-0.39, 0.29) is 38.3 Å². The van der Waals surface area contributed by atoms with Gasteiger partial charge in [-0.25, -0.2) is 4.99 Å². The van der Waals surface area contributed by atoms with E-state index in [0.717, 1.165) is 88.2 Å². The predicted molar refractivity (Wildman–Crippen MR) is 316 cm³/mol. The van der Waals surface area contributed by atoms with Crippen molar-refractivity contribution in [2.45, 2.75) is 157 Å². The minimum atomic E-state index is -0.170. The number of halogens is 1. The highest BCUT2D eigenvalue weighted by molar-refractivity contribution is 9.10. The number of aliphatic imine (C=N–C) groups is 1. The summed E-state index contributed by atoms with van der Waals surface area (Å²) in [6.45, 7) is 40.9. The number of hydrogen-bond donors (Lipinski definition) is 3. The number of nitrogens with zero attached hydrogens (tertiary/aromatic N) is 1. The van der Waals surface area contributed by atoms with E-state index in [1.807, 2.05) is 6.08 Å². The summed E-state index contributed by atoms with van der Waals surface area (Å²) in [6, 6.07) is 38.3. The van der Waals surface area contributed by atoms with E-state index in [1.165, 1.54) is 33.4 Å². The zero-order valence-electron chi connectivity index (χ0n) is 47.3. The van der Waals surface area contributed by atoms with Gasteiger partial charge >= 0.3 is 0 Å². The molecule has 2 aromatic heterocycles. The van der Waals surface area contributed by atoms with Crippen molar-refractivity contribution in [3.8, 4) is 0 Å². The van der Waals surface area contributed by atoms with Crippen molar-refractivity contribution < 1.29 is 4.79 Å². The summed E-state index contributed by atoms with van der Waals surface area (Å²) >= 11 is 3.72. The van der Waals surface area contributed by atoms with Crippen LogP contribution in [0.1, 0.15) is 192 Å². The van der Waals surface area contributed by atoms with Crippen molar-refractivity contribution in [1.29, 1.82) is 0 Å². The Bertz CT molecular complexity index is 3470. The maximum atomic E-state index is 15.4. The molecule has 6 aromatic rings. The van der Waals surface area contributed by atoms with Crippen molar-refractivity contribution in [1.82, 2.24) is 15.3 Å². The second-order valence-corrected chi connectivity index (χ2v) is 28.0. The molecule has 0 fully saturated rings. The van der Waals surface area contributed by atoms with E-state index >= 15 is 4.79 Å². The van der Waals surface area contributed by atoms with Gasteiger partial charge < -0.3 is 15.3 Å². The number of aromatic nitrogens is 2. The molecule has 6 heteroatoms. The molecule has 0 saturated carbocycles. The van der Waals surface area contributed by atoms with Gasteiger partial charge in [0.2, 0.25) is 5.78 Å². The van der Waals surface area contributed by atoms with Crippen LogP contribution in [0.2, 0.25) is 0 Å². The lowest BCUT2D eigenvalue weighted by molar-refractivity contribution is -0.111. The van der Waals surface area contributed by atoms with Gasteiger partial charge in [-0.1, -0.05) is 207 Å². The number of carbonyl (C=O) groups excluding carboxylic acids is 1. The molecular formula is C68H77BrN4O. The SMILES string of the molecule is CC(C)(C)c1cc(C2=C3NC(=CC3=O)C(c3cc(C(C)(C)C)cc(C(C)(C)C)c3)=c3ccc([nH]3)=C(c3ccc(Br)cc3)c3ccc([nH]3)C(c3cc(C(C)(C)C)cc(C(C)(C)C)c3)=C3C=CC2=N3)cc(C(C)(C)C)c1. The van der Waals surface area contributed by atoms with Gasteiger partial charge in [-0.2, -0.15) is 0 Å². The highest BCUT2D eigenvalue weighted by atomic mass is 79.9. The molecule has 9 rings (SSSR count). The van der Waals surface area contributed by atoms with Crippen molar-refractivity contribution in [2.75, 3.05) is 0 Å². The third-order valence-electron chi connectivity index (χ3n) is 14.9. The van der Waals surface area contributed by atoms with Gasteiger partial charge in [-0.3, -0.25) is 4.79 Å². The molecule has 0 aliphatic carbocycles. The maximum absolute atomic E-state index is 15.4. The first-order valence-electron chi connectivity index (χ1n) is 26.4. The largest absolute Gasteiger partial charge is 0.354 e. The number of H-pyrrole nitrogens is 2. The van der Waals surface area contributed by atoms with Crippen LogP contribution >= 0.6 is 15.9 Å². The summed E-state index contributed by atoms with van der Waals surface area (Å²) in [5.41, 5.74) is 19.0. The second kappa shape index (κ2) is 18.3. The summed E-state index contributed by atoms with van der Waals surface area (Å²) in [5.74, 6) is -0.0951. The minimum absolute atomic E-state index is 0.0951. The number of allylic oxidation sites excluding steroid dienone is 5. The standard InChI is InChI=1S/C68H77BrN4O/c1-63(2,3)43-29-40(30-44(35-43)64(4,5)6)59-52-25-23-50(70-52)58(39-19-21-49(69)22-20-39)51-24-26-54(71-51)60(41-31-45(65(7,8)9)36-46(32-41)66(10,11)12)56-38-57(74)62(73-56)61(55-28-27-53(59)72-55)42-33-47(67(13,14)15)37-48(34-42)68(16,17)18/h19-38,70-71,73H,1-18H3. The number of fused-ring (bicyclic) bond motifs is 7. The van der Waals surface area contributed by atoms with E-state index in [9.17, 15) is 0 Å². The fraction of sp³-hybridized carbons (Fsp3) is 0.353. The number of rotatable bonds is 4. The third kappa shape index (κ3) is 10.4. The summed E-state index contributed by atoms with van der Waals surface area (Å²) in [7, 11) is 0. The van der Waals surface area contributed by atoms with E-state index in [1.54, 1.807) is 0 Å². The topological polar surface area (TPSA) is 73.0 Å². The van der Waals surface area contributed by atoms with Crippen LogP contribution in [0.4, 0.5) is 0 Å². The lowest BCUT2D eigenvalue weighted by Crippen LogP contribution is -2.23. The zero-order valence-corrected chi connectivity index (χ0v) is 48.9. The van der Waals surface area contributed by atoms with Crippen LogP contribution in [-0.4, -0.2) is 21.5 Å². The average Bonchev–Trinajstić information content (AvgIpc) is 4.13. The molecule has 3 aliphatic heterocycles. The van der Waals surface area contributed by atoms with Crippen molar-refractivity contribution in [3.63, 3.8) is 0 Å². The molecule has 4 aromatic carbocycles. The van der Waals surface area contributed by atoms with Crippen molar-refractivity contribution >= 4 is 49.7 Å². The first-order chi connectivity index (χ1) is 34.2. The molecule has 0 saturated heterocycles. The molecule has 8 bridgehead atoms. The molecule has 0 unspecified atom stereocenters. The molecule has 0 atom stereocenters. The molecule has 382 valence electrons. The van der Waals surface area contributed by atoms with Gasteiger partial charge in [-0.15, -0.1) is 0 Å². The van der Waals surface area contributed by atoms with Crippen LogP contribution in [0.3, 0.4) is 0 Å². The monoisotopic (exact) mass is 1040 g/mol. The van der Waals surface area contributed by atoms with Crippen molar-refractivity contribution in [2.24, 2.45) is 4.99 Å². The minimum Gasteiger partial charge on any atom is -0.354 e. The Balaban J connectivity index is 1.46. The van der Waals surface area contributed by atoms with Gasteiger partial charge in [0.05, 0.1) is 22.8 Å². The van der Waals surface area contributed by atoms with Gasteiger partial charge in [0, 0.05) is 54.9 Å². The zero-order chi connectivity index (χ0) is 53.8. The molecule has 5 heterocycles. The lowest BCUT2D eigenvalue weighted by Gasteiger charge is -2.27. The summed E-state index contributed by atoms with van der Waals surface area (Å²) < 4.78 is 1.01. The Morgan fingerprint density at radius 1 is 0.405 bits per heavy atom.